The van der Waals surface area contributed by atoms with Crippen molar-refractivity contribution in [1.29, 1.82) is 0 Å². The first-order valence-electron chi connectivity index (χ1n) is 10.1. The number of hydrogen-bond donors (Lipinski definition) is 1. The number of benzene rings is 2. The number of hydrogen-bond acceptors (Lipinski definition) is 2. The number of aromatic nitrogens is 1. The number of para-hydroxylation sites is 1. The Hall–Kier alpha value is -2.79. The van der Waals surface area contributed by atoms with E-state index in [0.717, 1.165) is 40.6 Å². The highest BCUT2D eigenvalue weighted by atomic mass is 35.5. The quantitative estimate of drug-likeness (QED) is 0.707. The van der Waals surface area contributed by atoms with Crippen LogP contribution in [0.4, 0.5) is 0 Å². The summed E-state index contributed by atoms with van der Waals surface area (Å²) >= 11 is 6.12. The van der Waals surface area contributed by atoms with Crippen LogP contribution in [0.2, 0.25) is 5.02 Å². The molecule has 1 unspecified atom stereocenters. The van der Waals surface area contributed by atoms with Gasteiger partial charge < -0.3 is 14.8 Å². The van der Waals surface area contributed by atoms with Crippen LogP contribution in [0.5, 0.6) is 0 Å². The highest BCUT2D eigenvalue weighted by Crippen LogP contribution is 2.43. The van der Waals surface area contributed by atoms with Gasteiger partial charge in [-0.05, 0) is 42.2 Å². The molecule has 0 radical (unpaired) electrons. The number of carbonyl (C=O) groups excluding carboxylic acids is 2. The average molecular weight is 406 g/mol. The summed E-state index contributed by atoms with van der Waals surface area (Å²) in [5.41, 5.74) is 4.15. The lowest BCUT2D eigenvalue weighted by Gasteiger charge is -2.47. The predicted octanol–water partition coefficient (Wildman–Crippen LogP) is 3.67. The van der Waals surface area contributed by atoms with Crippen molar-refractivity contribution in [3.63, 3.8) is 0 Å². The zero-order chi connectivity index (χ0) is 19.7. The number of piperazine rings is 1. The third-order valence-electron chi connectivity index (χ3n) is 6.47. The van der Waals surface area contributed by atoms with Gasteiger partial charge in [0, 0.05) is 34.1 Å². The Morgan fingerprint density at radius 2 is 1.76 bits per heavy atom. The van der Waals surface area contributed by atoms with Crippen LogP contribution in [-0.4, -0.2) is 45.2 Å². The predicted molar refractivity (Wildman–Crippen MR) is 111 cm³/mol. The van der Waals surface area contributed by atoms with Crippen LogP contribution in [0.3, 0.4) is 0 Å². The van der Waals surface area contributed by atoms with Crippen molar-refractivity contribution in [2.75, 3.05) is 6.54 Å². The van der Waals surface area contributed by atoms with Crippen molar-refractivity contribution in [1.82, 2.24) is 14.8 Å². The van der Waals surface area contributed by atoms with E-state index in [1.165, 1.54) is 0 Å². The lowest BCUT2D eigenvalue weighted by atomic mass is 9.86. The van der Waals surface area contributed by atoms with Gasteiger partial charge in [0.05, 0.1) is 6.04 Å². The molecule has 0 bridgehead atoms. The topological polar surface area (TPSA) is 56.4 Å². The Bertz CT molecular complexity index is 1150. The molecule has 1 aliphatic carbocycles. The first-order chi connectivity index (χ1) is 14.1. The monoisotopic (exact) mass is 405 g/mol. The minimum atomic E-state index is -0.454. The second kappa shape index (κ2) is 6.10. The Labute approximate surface area is 173 Å². The minimum Gasteiger partial charge on any atom is -0.356 e. The highest BCUT2D eigenvalue weighted by molar-refractivity contribution is 6.30. The maximum Gasteiger partial charge on any atom is 0.246 e. The van der Waals surface area contributed by atoms with E-state index in [1.54, 1.807) is 0 Å². The van der Waals surface area contributed by atoms with Crippen LogP contribution in [0, 0.1) is 0 Å². The Morgan fingerprint density at radius 1 is 1.00 bits per heavy atom. The van der Waals surface area contributed by atoms with Gasteiger partial charge in [0.25, 0.3) is 0 Å². The summed E-state index contributed by atoms with van der Waals surface area (Å²) in [5, 5.41) is 1.78. The molecule has 5 nitrogen and oxygen atoms in total. The van der Waals surface area contributed by atoms with Gasteiger partial charge >= 0.3 is 0 Å². The summed E-state index contributed by atoms with van der Waals surface area (Å²) in [6, 6.07) is 15.2. The third-order valence-corrected chi connectivity index (χ3v) is 6.72. The van der Waals surface area contributed by atoms with Gasteiger partial charge in [0.15, 0.2) is 0 Å². The van der Waals surface area contributed by atoms with E-state index in [2.05, 4.69) is 11.1 Å². The molecule has 2 aromatic carbocycles. The SMILES string of the molecule is O=C1[C@@H]2Cc3c([nH]c4ccccc34)C(c3ccc(Cl)cc3)N2C(=O)CN1C1CC1. The summed E-state index contributed by atoms with van der Waals surface area (Å²) in [6.07, 6.45) is 2.56. The zero-order valence-corrected chi connectivity index (χ0v) is 16.5. The van der Waals surface area contributed by atoms with Gasteiger partial charge in [0.2, 0.25) is 11.8 Å². The Balaban J connectivity index is 1.55. The number of nitrogens with one attached hydrogen (secondary N) is 1. The number of H-pyrrole nitrogens is 1. The van der Waals surface area contributed by atoms with E-state index >= 15 is 0 Å². The van der Waals surface area contributed by atoms with Gasteiger partial charge in [-0.25, -0.2) is 0 Å². The molecule has 3 aliphatic rings. The number of halogens is 1. The lowest BCUT2D eigenvalue weighted by molar-refractivity contribution is -0.159. The first kappa shape index (κ1) is 17.1. The van der Waals surface area contributed by atoms with Crippen molar-refractivity contribution in [3.05, 3.63) is 70.4 Å². The molecule has 0 spiro atoms. The average Bonchev–Trinajstić information content (AvgIpc) is 3.50. The number of carbonyl (C=O) groups is 2. The fourth-order valence-corrected chi connectivity index (χ4v) is 5.10. The minimum absolute atomic E-state index is 0.0192. The second-order valence-corrected chi connectivity index (χ2v) is 8.67. The highest BCUT2D eigenvalue weighted by Gasteiger charge is 2.50. The molecule has 6 heteroatoms. The number of rotatable bonds is 2. The first-order valence-corrected chi connectivity index (χ1v) is 10.5. The largest absolute Gasteiger partial charge is 0.356 e. The smallest absolute Gasteiger partial charge is 0.246 e. The molecule has 2 aliphatic heterocycles. The molecule has 1 saturated carbocycles. The molecule has 3 aromatic rings. The van der Waals surface area contributed by atoms with Gasteiger partial charge in [-0.3, -0.25) is 9.59 Å². The molecule has 146 valence electrons. The van der Waals surface area contributed by atoms with E-state index in [9.17, 15) is 9.59 Å². The van der Waals surface area contributed by atoms with Crippen molar-refractivity contribution in [2.45, 2.75) is 37.4 Å². The van der Waals surface area contributed by atoms with Crippen LogP contribution in [0.15, 0.2) is 48.5 Å². The summed E-state index contributed by atoms with van der Waals surface area (Å²) in [7, 11) is 0. The van der Waals surface area contributed by atoms with Crippen molar-refractivity contribution in [3.8, 4) is 0 Å². The number of nitrogens with zero attached hydrogens (tertiary/aromatic N) is 2. The van der Waals surface area contributed by atoms with E-state index < -0.39 is 6.04 Å². The number of amides is 2. The number of fused-ring (bicyclic) bond motifs is 4. The molecule has 2 atom stereocenters. The standard InChI is InChI=1S/C23H20ClN3O2/c24-14-7-5-13(6-8-14)22-21-17(16-3-1-2-4-18(16)25-21)11-19-23(29)26(15-9-10-15)12-20(28)27(19)22/h1-8,15,19,22,25H,9-12H2/t19-,22?/m0/s1. The molecule has 1 aromatic heterocycles. The van der Waals surface area contributed by atoms with Gasteiger partial charge in [-0.2, -0.15) is 0 Å². The van der Waals surface area contributed by atoms with Crippen LogP contribution in [0.1, 0.15) is 35.7 Å². The van der Waals surface area contributed by atoms with E-state index in [-0.39, 0.29) is 30.4 Å². The van der Waals surface area contributed by atoms with Crippen LogP contribution >= 0.6 is 11.6 Å². The second-order valence-electron chi connectivity index (χ2n) is 8.24. The summed E-state index contributed by atoms with van der Waals surface area (Å²) < 4.78 is 0. The van der Waals surface area contributed by atoms with Crippen LogP contribution in [0.25, 0.3) is 10.9 Å². The van der Waals surface area contributed by atoms with Crippen molar-refractivity contribution in [2.24, 2.45) is 0 Å². The Kier molecular flexibility index (Phi) is 3.60. The maximum atomic E-state index is 13.4. The normalized spacial score (nSPS) is 24.0. The lowest BCUT2D eigenvalue weighted by Crippen LogP contribution is -2.63. The fourth-order valence-electron chi connectivity index (χ4n) is 4.97. The maximum absolute atomic E-state index is 13.4. The van der Waals surface area contributed by atoms with Gasteiger partial charge in [-0.1, -0.05) is 41.9 Å². The Morgan fingerprint density at radius 3 is 2.52 bits per heavy atom. The molecule has 3 heterocycles. The van der Waals surface area contributed by atoms with Crippen molar-refractivity contribution < 1.29 is 9.59 Å². The molecule has 6 rings (SSSR count). The molecular formula is C23H20ClN3O2. The summed E-state index contributed by atoms with van der Waals surface area (Å²) in [4.78, 5) is 33.8. The molecule has 29 heavy (non-hydrogen) atoms. The zero-order valence-electron chi connectivity index (χ0n) is 15.8. The molecule has 1 N–H and O–H groups in total. The molecule has 1 saturated heterocycles. The van der Waals surface area contributed by atoms with Crippen LogP contribution < -0.4 is 0 Å². The van der Waals surface area contributed by atoms with Crippen molar-refractivity contribution >= 4 is 34.3 Å². The van der Waals surface area contributed by atoms with Gasteiger partial charge in [0.1, 0.15) is 12.6 Å². The third kappa shape index (κ3) is 2.53. The van der Waals surface area contributed by atoms with E-state index in [4.69, 9.17) is 11.6 Å². The molecular weight excluding hydrogens is 386 g/mol. The number of aromatic amines is 1. The summed E-state index contributed by atoms with van der Waals surface area (Å²) in [6.45, 7) is 0.180. The van der Waals surface area contributed by atoms with Gasteiger partial charge in [-0.15, -0.1) is 0 Å². The molecule has 2 fully saturated rings. The summed E-state index contributed by atoms with van der Waals surface area (Å²) in [5.74, 6) is 0.104. The fraction of sp³-hybridized carbons (Fsp3) is 0.304. The van der Waals surface area contributed by atoms with E-state index in [1.807, 2.05) is 52.3 Å². The molecule has 2 amide bonds. The van der Waals surface area contributed by atoms with Crippen LogP contribution in [-0.2, 0) is 16.0 Å². The van der Waals surface area contributed by atoms with E-state index in [0.29, 0.717) is 11.4 Å².